The minimum Gasteiger partial charge on any atom is -0.293 e. The molecule has 19 heavy (non-hydrogen) atoms. The average molecular weight is 273 g/mol. The molecule has 0 radical (unpaired) electrons. The van der Waals surface area contributed by atoms with Gasteiger partial charge in [-0.3, -0.25) is 4.79 Å². The third kappa shape index (κ3) is 3.68. The number of ketones is 1. The first kappa shape index (κ1) is 13.8. The standard InChI is InChI=1S/C17H17ClO/c18-13-7-12-16(14-8-3-1-4-9-14)17(19)15-10-5-2-6-11-15/h1-6,8-11,16H,7,12-13H2. The Balaban J connectivity index is 2.25. The second-order valence-corrected chi connectivity index (χ2v) is 4.90. The zero-order chi connectivity index (χ0) is 13.5. The van der Waals surface area contributed by atoms with Gasteiger partial charge in [-0.25, -0.2) is 0 Å². The lowest BCUT2D eigenvalue weighted by atomic mass is 9.87. The van der Waals surface area contributed by atoms with Crippen molar-refractivity contribution in [1.82, 2.24) is 0 Å². The quantitative estimate of drug-likeness (QED) is 0.552. The van der Waals surface area contributed by atoms with Crippen molar-refractivity contribution < 1.29 is 4.79 Å². The summed E-state index contributed by atoms with van der Waals surface area (Å²) in [5.74, 6) is 0.671. The van der Waals surface area contributed by atoms with E-state index in [9.17, 15) is 4.79 Å². The number of halogens is 1. The number of rotatable bonds is 6. The topological polar surface area (TPSA) is 17.1 Å². The van der Waals surface area contributed by atoms with E-state index in [-0.39, 0.29) is 11.7 Å². The summed E-state index contributed by atoms with van der Waals surface area (Å²) >= 11 is 5.77. The molecular weight excluding hydrogens is 256 g/mol. The second kappa shape index (κ2) is 7.10. The Morgan fingerprint density at radius 2 is 1.53 bits per heavy atom. The Morgan fingerprint density at radius 3 is 2.11 bits per heavy atom. The zero-order valence-electron chi connectivity index (χ0n) is 10.8. The van der Waals surface area contributed by atoms with Gasteiger partial charge >= 0.3 is 0 Å². The fraction of sp³-hybridized carbons (Fsp3) is 0.235. The van der Waals surface area contributed by atoms with Gasteiger partial charge < -0.3 is 0 Å². The van der Waals surface area contributed by atoms with Crippen LogP contribution in [0.2, 0.25) is 0 Å². The molecule has 0 heterocycles. The molecule has 0 aliphatic rings. The lowest BCUT2D eigenvalue weighted by Crippen LogP contribution is -2.13. The molecule has 1 nitrogen and oxygen atoms in total. The van der Waals surface area contributed by atoms with Crippen LogP contribution in [0.4, 0.5) is 0 Å². The molecular formula is C17H17ClO. The molecule has 0 fully saturated rings. The van der Waals surface area contributed by atoms with Gasteiger partial charge in [0.05, 0.1) is 0 Å². The van der Waals surface area contributed by atoms with Gasteiger partial charge in [0.25, 0.3) is 0 Å². The maximum atomic E-state index is 12.6. The van der Waals surface area contributed by atoms with Crippen molar-refractivity contribution in [3.8, 4) is 0 Å². The van der Waals surface area contributed by atoms with Gasteiger partial charge in [0.1, 0.15) is 0 Å². The van der Waals surface area contributed by atoms with Crippen molar-refractivity contribution in [2.45, 2.75) is 18.8 Å². The van der Waals surface area contributed by atoms with Crippen LogP contribution in [0.5, 0.6) is 0 Å². The van der Waals surface area contributed by atoms with Crippen LogP contribution < -0.4 is 0 Å². The molecule has 1 unspecified atom stereocenters. The summed E-state index contributed by atoms with van der Waals surface area (Å²) in [4.78, 5) is 12.6. The predicted octanol–water partition coefficient (Wildman–Crippen LogP) is 4.67. The third-order valence-electron chi connectivity index (χ3n) is 3.20. The van der Waals surface area contributed by atoms with E-state index in [2.05, 4.69) is 0 Å². The highest BCUT2D eigenvalue weighted by atomic mass is 35.5. The Kier molecular flexibility index (Phi) is 5.17. The average Bonchev–Trinajstić information content (AvgIpc) is 2.49. The van der Waals surface area contributed by atoms with E-state index in [4.69, 9.17) is 11.6 Å². The van der Waals surface area contributed by atoms with Crippen LogP contribution in [-0.4, -0.2) is 11.7 Å². The number of carbonyl (C=O) groups excluding carboxylic acids is 1. The number of hydrogen-bond acceptors (Lipinski definition) is 1. The lowest BCUT2D eigenvalue weighted by Gasteiger charge is -2.16. The zero-order valence-corrected chi connectivity index (χ0v) is 11.5. The van der Waals surface area contributed by atoms with Gasteiger partial charge in [-0.15, -0.1) is 11.6 Å². The molecule has 0 bridgehead atoms. The fourth-order valence-corrected chi connectivity index (χ4v) is 2.37. The molecule has 0 N–H and O–H groups in total. The summed E-state index contributed by atoms with van der Waals surface area (Å²) in [7, 11) is 0. The van der Waals surface area contributed by atoms with Crippen molar-refractivity contribution >= 4 is 17.4 Å². The van der Waals surface area contributed by atoms with Crippen molar-refractivity contribution in [1.29, 1.82) is 0 Å². The third-order valence-corrected chi connectivity index (χ3v) is 3.47. The van der Waals surface area contributed by atoms with Gasteiger partial charge in [-0.2, -0.15) is 0 Å². The highest BCUT2D eigenvalue weighted by molar-refractivity contribution is 6.17. The van der Waals surface area contributed by atoms with Crippen molar-refractivity contribution in [3.63, 3.8) is 0 Å². The Labute approximate surface area is 119 Å². The van der Waals surface area contributed by atoms with Gasteiger partial charge in [0.2, 0.25) is 0 Å². The van der Waals surface area contributed by atoms with Gasteiger partial charge in [-0.05, 0) is 18.4 Å². The molecule has 0 amide bonds. The largest absolute Gasteiger partial charge is 0.293 e. The molecule has 0 spiro atoms. The van der Waals surface area contributed by atoms with Crippen LogP contribution >= 0.6 is 11.6 Å². The molecule has 0 aliphatic carbocycles. The van der Waals surface area contributed by atoms with Crippen LogP contribution in [0.25, 0.3) is 0 Å². The number of alkyl halides is 1. The van der Waals surface area contributed by atoms with Crippen LogP contribution in [0, 0.1) is 0 Å². The first-order valence-electron chi connectivity index (χ1n) is 6.53. The molecule has 98 valence electrons. The van der Waals surface area contributed by atoms with E-state index in [1.165, 1.54) is 0 Å². The van der Waals surface area contributed by atoms with E-state index in [1.807, 2.05) is 60.7 Å². The molecule has 2 aromatic carbocycles. The van der Waals surface area contributed by atoms with E-state index >= 15 is 0 Å². The van der Waals surface area contributed by atoms with Gasteiger partial charge in [0.15, 0.2) is 5.78 Å². The molecule has 0 aliphatic heterocycles. The summed E-state index contributed by atoms with van der Waals surface area (Å²) in [5.41, 5.74) is 1.84. The normalized spacial score (nSPS) is 12.1. The summed E-state index contributed by atoms with van der Waals surface area (Å²) in [6.45, 7) is 0. The maximum Gasteiger partial charge on any atom is 0.170 e. The van der Waals surface area contributed by atoms with E-state index in [1.54, 1.807) is 0 Å². The Hall–Kier alpha value is -1.60. The van der Waals surface area contributed by atoms with Crippen LogP contribution in [0.3, 0.4) is 0 Å². The van der Waals surface area contributed by atoms with E-state index < -0.39 is 0 Å². The lowest BCUT2D eigenvalue weighted by molar-refractivity contribution is 0.0955. The van der Waals surface area contributed by atoms with E-state index in [0.717, 1.165) is 24.0 Å². The van der Waals surface area contributed by atoms with E-state index in [0.29, 0.717) is 5.88 Å². The molecule has 1 atom stereocenters. The molecule has 2 rings (SSSR count). The minimum absolute atomic E-state index is 0.0950. The SMILES string of the molecule is O=C(c1ccccc1)C(CCCCl)c1ccccc1. The van der Waals surface area contributed by atoms with Crippen LogP contribution in [0.1, 0.15) is 34.7 Å². The minimum atomic E-state index is -0.0950. The van der Waals surface area contributed by atoms with Gasteiger partial charge in [0, 0.05) is 17.4 Å². The molecule has 0 saturated heterocycles. The molecule has 0 aromatic heterocycles. The number of Topliss-reactive ketones (excluding diaryl/α,β-unsaturated/α-hetero) is 1. The monoisotopic (exact) mass is 272 g/mol. The summed E-state index contributed by atoms with van der Waals surface area (Å²) in [6.07, 6.45) is 1.64. The number of carbonyl (C=O) groups is 1. The number of benzene rings is 2. The van der Waals surface area contributed by atoms with Crippen molar-refractivity contribution in [2.75, 3.05) is 5.88 Å². The first-order valence-corrected chi connectivity index (χ1v) is 7.06. The summed E-state index contributed by atoms with van der Waals surface area (Å²) < 4.78 is 0. The molecule has 2 aromatic rings. The second-order valence-electron chi connectivity index (χ2n) is 4.52. The van der Waals surface area contributed by atoms with Crippen molar-refractivity contribution in [2.24, 2.45) is 0 Å². The first-order chi connectivity index (χ1) is 9.33. The summed E-state index contributed by atoms with van der Waals surface area (Å²) in [5, 5.41) is 0. The Morgan fingerprint density at radius 1 is 0.947 bits per heavy atom. The highest BCUT2D eigenvalue weighted by Crippen LogP contribution is 2.25. The van der Waals surface area contributed by atoms with Crippen molar-refractivity contribution in [3.05, 3.63) is 71.8 Å². The fourth-order valence-electron chi connectivity index (χ4n) is 2.22. The Bertz CT molecular complexity index is 507. The summed E-state index contributed by atoms with van der Waals surface area (Å²) in [6, 6.07) is 19.4. The van der Waals surface area contributed by atoms with Gasteiger partial charge in [-0.1, -0.05) is 60.7 Å². The maximum absolute atomic E-state index is 12.6. The molecule has 0 saturated carbocycles. The highest BCUT2D eigenvalue weighted by Gasteiger charge is 2.21. The molecule has 2 heteroatoms. The van der Waals surface area contributed by atoms with Crippen LogP contribution in [0.15, 0.2) is 60.7 Å². The smallest absolute Gasteiger partial charge is 0.170 e. The van der Waals surface area contributed by atoms with Crippen LogP contribution in [-0.2, 0) is 0 Å². The predicted molar refractivity (Wildman–Crippen MR) is 79.9 cm³/mol. The number of hydrogen-bond donors (Lipinski definition) is 0.